The highest BCUT2D eigenvalue weighted by Crippen LogP contribution is 2.33. The van der Waals surface area contributed by atoms with E-state index in [9.17, 15) is 0 Å². The first-order chi connectivity index (χ1) is 15.2. The third-order valence-corrected chi connectivity index (χ3v) is 6.00. The molecule has 0 fully saturated rings. The van der Waals surface area contributed by atoms with Gasteiger partial charge in [-0.1, -0.05) is 130 Å². The summed E-state index contributed by atoms with van der Waals surface area (Å²) in [6, 6.07) is 0. The Bertz CT molecular complexity index is 933. The van der Waals surface area contributed by atoms with E-state index in [1.807, 2.05) is 0 Å². The molecule has 1 unspecified atom stereocenters. The van der Waals surface area contributed by atoms with Crippen molar-refractivity contribution in [2.45, 2.75) is 38.4 Å². The second kappa shape index (κ2) is 14.3. The summed E-state index contributed by atoms with van der Waals surface area (Å²) in [5.74, 6) is 0. The fraction of sp³-hybridized carbons (Fsp3) is 0.200. The molecule has 0 amide bonds. The number of hydrogen-bond acceptors (Lipinski definition) is 1. The van der Waals surface area contributed by atoms with E-state index in [0.717, 1.165) is 35.3 Å². The van der Waals surface area contributed by atoms with Gasteiger partial charge in [0.1, 0.15) is 0 Å². The summed E-state index contributed by atoms with van der Waals surface area (Å²) in [5.41, 5.74) is 4.78. The lowest BCUT2D eigenvalue weighted by Gasteiger charge is -2.16. The van der Waals surface area contributed by atoms with E-state index in [1.165, 1.54) is 11.1 Å². The fourth-order valence-electron chi connectivity index (χ4n) is 3.02. The molecule has 2 aliphatic rings. The van der Waals surface area contributed by atoms with Crippen molar-refractivity contribution in [1.29, 1.82) is 0 Å². The van der Waals surface area contributed by atoms with Crippen LogP contribution in [0.4, 0.5) is 0 Å². The van der Waals surface area contributed by atoms with E-state index in [0.29, 0.717) is 0 Å². The van der Waals surface area contributed by atoms with Crippen LogP contribution >= 0.6 is 11.8 Å². The summed E-state index contributed by atoms with van der Waals surface area (Å²) in [7, 11) is 0. The first-order valence-corrected chi connectivity index (χ1v) is 11.9. The standard InChI is InChI=1S/C30H34S/c1-5-7-9-13-17-25(3)30(22-8-6-2)31-26(4)27-18-14-11-10-12-15-19-28-20-16-21-29(28)24-23-27/h7-19,21-24,30H,3-6,20H2,1-2H3/b9-7-,11-10+,12-10?,14-11?,15-12+,17-13-,18-14?,19-15?,22-8-,24-23?,27-18?,27-23?,28-19-,29-24-. The van der Waals surface area contributed by atoms with E-state index >= 15 is 0 Å². The highest BCUT2D eigenvalue weighted by atomic mass is 32.2. The van der Waals surface area contributed by atoms with Crippen LogP contribution in [0.3, 0.4) is 0 Å². The molecule has 0 heterocycles. The van der Waals surface area contributed by atoms with Gasteiger partial charge in [0.2, 0.25) is 0 Å². The predicted octanol–water partition coefficient (Wildman–Crippen LogP) is 9.07. The van der Waals surface area contributed by atoms with Crippen LogP contribution in [-0.4, -0.2) is 5.25 Å². The molecule has 0 aromatic carbocycles. The molecule has 0 spiro atoms. The Balaban J connectivity index is 2.26. The second-order valence-electron chi connectivity index (χ2n) is 7.24. The third-order valence-electron chi connectivity index (χ3n) is 4.76. The molecule has 0 bridgehead atoms. The topological polar surface area (TPSA) is 0 Å². The number of thioether (sulfide) groups is 1. The molecule has 0 aromatic rings. The zero-order valence-electron chi connectivity index (χ0n) is 18.8. The normalized spacial score (nSPS) is 22.8. The molecule has 0 saturated carbocycles. The van der Waals surface area contributed by atoms with Crippen molar-refractivity contribution in [1.82, 2.24) is 0 Å². The Morgan fingerprint density at radius 2 is 1.71 bits per heavy atom. The van der Waals surface area contributed by atoms with Gasteiger partial charge in [0, 0.05) is 4.91 Å². The molecule has 1 atom stereocenters. The van der Waals surface area contributed by atoms with Crippen molar-refractivity contribution in [3.05, 3.63) is 144 Å². The van der Waals surface area contributed by atoms with Gasteiger partial charge in [-0.2, -0.15) is 0 Å². The molecule has 31 heavy (non-hydrogen) atoms. The molecule has 0 aliphatic heterocycles. The van der Waals surface area contributed by atoms with Gasteiger partial charge in [-0.25, -0.2) is 0 Å². The second-order valence-corrected chi connectivity index (χ2v) is 8.48. The van der Waals surface area contributed by atoms with Crippen molar-refractivity contribution >= 4 is 11.8 Å². The highest BCUT2D eigenvalue weighted by molar-refractivity contribution is 8.04. The van der Waals surface area contributed by atoms with Crippen LogP contribution < -0.4 is 0 Å². The highest BCUT2D eigenvalue weighted by Gasteiger charge is 2.12. The fourth-order valence-corrected chi connectivity index (χ4v) is 4.02. The average molecular weight is 427 g/mol. The van der Waals surface area contributed by atoms with Crippen LogP contribution in [0.2, 0.25) is 0 Å². The van der Waals surface area contributed by atoms with Crippen LogP contribution in [0.15, 0.2) is 144 Å². The summed E-state index contributed by atoms with van der Waals surface area (Å²) < 4.78 is 0. The van der Waals surface area contributed by atoms with E-state index in [-0.39, 0.29) is 5.25 Å². The minimum Gasteiger partial charge on any atom is -0.114 e. The van der Waals surface area contributed by atoms with Gasteiger partial charge in [-0.3, -0.25) is 0 Å². The molecular formula is C30H34S. The van der Waals surface area contributed by atoms with E-state index in [4.69, 9.17) is 0 Å². The van der Waals surface area contributed by atoms with Crippen LogP contribution in [0.25, 0.3) is 0 Å². The number of rotatable bonds is 9. The largest absolute Gasteiger partial charge is 0.114 e. The maximum atomic E-state index is 4.40. The lowest BCUT2D eigenvalue weighted by atomic mass is 10.1. The van der Waals surface area contributed by atoms with Gasteiger partial charge < -0.3 is 0 Å². The van der Waals surface area contributed by atoms with Crippen molar-refractivity contribution in [3.63, 3.8) is 0 Å². The first kappa shape index (κ1) is 24.5. The van der Waals surface area contributed by atoms with Crippen LogP contribution in [-0.2, 0) is 0 Å². The molecule has 0 aromatic heterocycles. The molecule has 0 nitrogen and oxygen atoms in total. The zero-order valence-corrected chi connectivity index (χ0v) is 19.7. The van der Waals surface area contributed by atoms with E-state index in [1.54, 1.807) is 11.8 Å². The summed E-state index contributed by atoms with van der Waals surface area (Å²) in [6.45, 7) is 13.0. The average Bonchev–Trinajstić information content (AvgIpc) is 3.21. The van der Waals surface area contributed by atoms with Crippen LogP contribution in [0.1, 0.15) is 33.1 Å². The maximum absolute atomic E-state index is 4.40. The lowest BCUT2D eigenvalue weighted by molar-refractivity contribution is 1.19. The van der Waals surface area contributed by atoms with Crippen molar-refractivity contribution in [2.24, 2.45) is 0 Å². The Hall–Kier alpha value is -2.77. The summed E-state index contributed by atoms with van der Waals surface area (Å²) >= 11 is 1.75. The van der Waals surface area contributed by atoms with E-state index < -0.39 is 0 Å². The summed E-state index contributed by atoms with van der Waals surface area (Å²) in [6.07, 6.45) is 39.3. The Morgan fingerprint density at radius 1 is 0.935 bits per heavy atom. The lowest BCUT2D eigenvalue weighted by Crippen LogP contribution is -2.01. The monoisotopic (exact) mass is 426 g/mol. The number of allylic oxidation sites excluding steroid dienone is 19. The quantitative estimate of drug-likeness (QED) is 0.262. The van der Waals surface area contributed by atoms with Gasteiger partial charge >= 0.3 is 0 Å². The molecule has 0 saturated heterocycles. The molecule has 1 heteroatoms. The summed E-state index contributed by atoms with van der Waals surface area (Å²) in [5, 5.41) is 0.155. The third kappa shape index (κ3) is 8.86. The molecule has 2 aliphatic carbocycles. The Morgan fingerprint density at radius 3 is 2.52 bits per heavy atom. The molecule has 0 N–H and O–H groups in total. The van der Waals surface area contributed by atoms with Gasteiger partial charge in [0.05, 0.1) is 5.25 Å². The molecule has 0 radical (unpaired) electrons. The van der Waals surface area contributed by atoms with Crippen LogP contribution in [0.5, 0.6) is 0 Å². The molecular weight excluding hydrogens is 392 g/mol. The van der Waals surface area contributed by atoms with Crippen molar-refractivity contribution in [3.8, 4) is 0 Å². The Kier molecular flexibility index (Phi) is 11.3. The first-order valence-electron chi connectivity index (χ1n) is 11.0. The van der Waals surface area contributed by atoms with Gasteiger partial charge in [-0.15, -0.1) is 11.8 Å². The smallest absolute Gasteiger partial charge is 0.0518 e. The van der Waals surface area contributed by atoms with Gasteiger partial charge in [0.15, 0.2) is 0 Å². The minimum atomic E-state index is 0.155. The van der Waals surface area contributed by atoms with Gasteiger partial charge in [0.25, 0.3) is 0 Å². The SMILES string of the molecule is C=C(SC(/C=C\CC)C(=C)/C=C\C=C/CC)C1=C/C=C2/C=CC/C2=C/C=C/C=C/C=C1. The van der Waals surface area contributed by atoms with Crippen molar-refractivity contribution < 1.29 is 0 Å². The number of fused-ring (bicyclic) bond motifs is 1. The zero-order chi connectivity index (χ0) is 22.3. The van der Waals surface area contributed by atoms with Crippen LogP contribution in [0, 0.1) is 0 Å². The number of hydrogen-bond donors (Lipinski definition) is 0. The van der Waals surface area contributed by atoms with Gasteiger partial charge in [-0.05, 0) is 41.6 Å². The van der Waals surface area contributed by atoms with Crippen molar-refractivity contribution in [2.75, 3.05) is 0 Å². The summed E-state index contributed by atoms with van der Waals surface area (Å²) in [4.78, 5) is 1.03. The molecule has 2 rings (SSSR count). The Labute approximate surface area is 193 Å². The predicted molar refractivity (Wildman–Crippen MR) is 143 cm³/mol. The van der Waals surface area contributed by atoms with E-state index in [2.05, 4.69) is 130 Å². The molecule has 160 valence electrons. The maximum Gasteiger partial charge on any atom is 0.0518 e. The minimum absolute atomic E-state index is 0.155.